The largest absolute Gasteiger partial charge is 0.465 e. The molecule has 138 valence electrons. The van der Waals surface area contributed by atoms with Gasteiger partial charge in [-0.1, -0.05) is 48.2 Å². The Morgan fingerprint density at radius 2 is 1.96 bits per heavy atom. The number of nitrogens with zero attached hydrogens (tertiary/aromatic N) is 1. The molecule has 5 nitrogen and oxygen atoms in total. The number of nitrogens with one attached hydrogen (secondary N) is 1. The zero-order valence-corrected chi connectivity index (χ0v) is 16.5. The molecule has 0 aliphatic rings. The highest BCUT2D eigenvalue weighted by Gasteiger charge is 2.12. The molecule has 3 aromatic rings. The first-order valence-corrected chi connectivity index (χ1v) is 10.1. The molecule has 27 heavy (non-hydrogen) atoms. The number of hydrogen-bond acceptors (Lipinski definition) is 6. The van der Waals surface area contributed by atoms with Crippen LogP contribution in [0, 0.1) is 6.92 Å². The second kappa shape index (κ2) is 8.83. The smallest absolute Gasteiger partial charge is 0.337 e. The second-order valence-electron chi connectivity index (χ2n) is 5.72. The number of hydrogen-bond donors (Lipinski definition) is 1. The second-order valence-corrected chi connectivity index (χ2v) is 7.80. The number of benzene rings is 2. The maximum Gasteiger partial charge on any atom is 0.337 e. The van der Waals surface area contributed by atoms with Crippen molar-refractivity contribution in [3.8, 4) is 11.3 Å². The number of thiazole rings is 1. The molecule has 1 N–H and O–H groups in total. The Balaban J connectivity index is 1.61. The molecule has 0 aliphatic heterocycles. The lowest BCUT2D eigenvalue weighted by Crippen LogP contribution is -2.15. The SMILES string of the molecule is COC(=O)c1ccc(C)c(NC(=O)CSc2nc(-c3ccccc3)cs2)c1. The molecule has 3 rings (SSSR count). The summed E-state index contributed by atoms with van der Waals surface area (Å²) in [5.41, 5.74) is 3.85. The molecular formula is C20H18N2O3S2. The van der Waals surface area contributed by atoms with Gasteiger partial charge in [0.1, 0.15) is 0 Å². The number of thioether (sulfide) groups is 1. The predicted molar refractivity (Wildman–Crippen MR) is 109 cm³/mol. The first-order chi connectivity index (χ1) is 13.1. The molecule has 0 unspecified atom stereocenters. The van der Waals surface area contributed by atoms with Crippen LogP contribution in [0.5, 0.6) is 0 Å². The molecule has 0 saturated carbocycles. The number of carbonyl (C=O) groups is 2. The van der Waals surface area contributed by atoms with E-state index in [1.807, 2.05) is 42.6 Å². The number of methoxy groups -OCH3 is 1. The fourth-order valence-electron chi connectivity index (χ4n) is 2.38. The van der Waals surface area contributed by atoms with E-state index in [9.17, 15) is 9.59 Å². The minimum absolute atomic E-state index is 0.151. The summed E-state index contributed by atoms with van der Waals surface area (Å²) < 4.78 is 5.55. The summed E-state index contributed by atoms with van der Waals surface area (Å²) in [4.78, 5) is 28.5. The highest BCUT2D eigenvalue weighted by atomic mass is 32.2. The van der Waals surface area contributed by atoms with E-state index in [2.05, 4.69) is 10.3 Å². The van der Waals surface area contributed by atoms with E-state index in [1.165, 1.54) is 30.2 Å². The van der Waals surface area contributed by atoms with E-state index < -0.39 is 5.97 Å². The minimum atomic E-state index is -0.434. The molecule has 1 aromatic heterocycles. The van der Waals surface area contributed by atoms with Crippen molar-refractivity contribution in [3.63, 3.8) is 0 Å². The van der Waals surface area contributed by atoms with E-state index in [1.54, 1.807) is 18.2 Å². The van der Waals surface area contributed by atoms with Gasteiger partial charge in [0.25, 0.3) is 0 Å². The third-order valence-electron chi connectivity index (χ3n) is 3.81. The Kier molecular flexibility index (Phi) is 6.26. The summed E-state index contributed by atoms with van der Waals surface area (Å²) in [6, 6.07) is 15.0. The number of rotatable bonds is 6. The van der Waals surface area contributed by atoms with Crippen LogP contribution in [0.2, 0.25) is 0 Å². The topological polar surface area (TPSA) is 68.3 Å². The van der Waals surface area contributed by atoms with Crippen molar-refractivity contribution in [2.45, 2.75) is 11.3 Å². The van der Waals surface area contributed by atoms with E-state index in [0.29, 0.717) is 11.3 Å². The van der Waals surface area contributed by atoms with E-state index in [0.717, 1.165) is 21.2 Å². The van der Waals surface area contributed by atoms with Gasteiger partial charge in [-0.2, -0.15) is 0 Å². The van der Waals surface area contributed by atoms with Crippen molar-refractivity contribution in [2.75, 3.05) is 18.2 Å². The van der Waals surface area contributed by atoms with Crippen molar-refractivity contribution >= 4 is 40.7 Å². The highest BCUT2D eigenvalue weighted by molar-refractivity contribution is 8.01. The van der Waals surface area contributed by atoms with Gasteiger partial charge < -0.3 is 10.1 Å². The molecule has 0 spiro atoms. The van der Waals surface area contributed by atoms with Crippen LogP contribution in [0.1, 0.15) is 15.9 Å². The Bertz CT molecular complexity index is 955. The summed E-state index contributed by atoms with van der Waals surface area (Å²) >= 11 is 2.90. The van der Waals surface area contributed by atoms with Crippen LogP contribution < -0.4 is 5.32 Å². The number of anilines is 1. The van der Waals surface area contributed by atoms with Crippen molar-refractivity contribution in [3.05, 3.63) is 65.0 Å². The zero-order valence-electron chi connectivity index (χ0n) is 14.9. The lowest BCUT2D eigenvalue weighted by molar-refractivity contribution is -0.113. The molecular weight excluding hydrogens is 380 g/mol. The van der Waals surface area contributed by atoms with Gasteiger partial charge in [-0.05, 0) is 24.6 Å². The fraction of sp³-hybridized carbons (Fsp3) is 0.150. The van der Waals surface area contributed by atoms with Crippen LogP contribution >= 0.6 is 23.1 Å². The summed E-state index contributed by atoms with van der Waals surface area (Å²) in [6.07, 6.45) is 0. The Morgan fingerprint density at radius 3 is 2.70 bits per heavy atom. The molecule has 0 saturated heterocycles. The molecule has 1 heterocycles. The number of carbonyl (C=O) groups excluding carboxylic acids is 2. The number of aryl methyl sites for hydroxylation is 1. The maximum atomic E-state index is 12.3. The summed E-state index contributed by atoms with van der Waals surface area (Å²) in [6.45, 7) is 1.87. The first kappa shape index (κ1) is 19.1. The third-order valence-corrected chi connectivity index (χ3v) is 5.83. The third kappa shape index (κ3) is 4.96. The monoisotopic (exact) mass is 398 g/mol. The normalized spacial score (nSPS) is 10.4. The van der Waals surface area contributed by atoms with Crippen LogP contribution in [0.25, 0.3) is 11.3 Å². The van der Waals surface area contributed by atoms with Crippen LogP contribution in [0.3, 0.4) is 0 Å². The number of ether oxygens (including phenoxy) is 1. The lowest BCUT2D eigenvalue weighted by Gasteiger charge is -2.09. The standard InChI is InChI=1S/C20H18N2O3S2/c1-13-8-9-15(19(24)25-2)10-16(13)21-18(23)12-27-20-22-17(11-26-20)14-6-4-3-5-7-14/h3-11H,12H2,1-2H3,(H,21,23). The van der Waals surface area contributed by atoms with Gasteiger partial charge in [-0.15, -0.1) is 11.3 Å². The van der Waals surface area contributed by atoms with E-state index >= 15 is 0 Å². The molecule has 7 heteroatoms. The predicted octanol–water partition coefficient (Wildman–Crippen LogP) is 4.64. The van der Waals surface area contributed by atoms with Gasteiger partial charge in [-0.25, -0.2) is 9.78 Å². The highest BCUT2D eigenvalue weighted by Crippen LogP contribution is 2.28. The average molecular weight is 399 g/mol. The molecule has 0 radical (unpaired) electrons. The summed E-state index contributed by atoms with van der Waals surface area (Å²) in [5, 5.41) is 4.83. The van der Waals surface area contributed by atoms with Crippen LogP contribution in [0.15, 0.2) is 58.3 Å². The van der Waals surface area contributed by atoms with Crippen LogP contribution in [0.4, 0.5) is 5.69 Å². The average Bonchev–Trinajstić information content (AvgIpc) is 3.17. The molecule has 0 fully saturated rings. The van der Waals surface area contributed by atoms with Gasteiger partial charge in [0.05, 0.1) is 24.1 Å². The van der Waals surface area contributed by atoms with Crippen molar-refractivity contribution in [1.82, 2.24) is 4.98 Å². The Hall–Kier alpha value is -2.64. The summed E-state index contributed by atoms with van der Waals surface area (Å²) in [7, 11) is 1.33. The van der Waals surface area contributed by atoms with Crippen molar-refractivity contribution in [1.29, 1.82) is 0 Å². The number of amides is 1. The first-order valence-electron chi connectivity index (χ1n) is 8.19. The fourth-order valence-corrected chi connectivity index (χ4v) is 4.02. The molecule has 1 amide bonds. The Labute approximate surface area is 165 Å². The van der Waals surface area contributed by atoms with Crippen molar-refractivity contribution < 1.29 is 14.3 Å². The van der Waals surface area contributed by atoms with E-state index in [-0.39, 0.29) is 11.7 Å². The quantitative estimate of drug-likeness (QED) is 0.484. The van der Waals surface area contributed by atoms with Gasteiger partial charge in [-0.3, -0.25) is 4.79 Å². The molecule has 0 aliphatic carbocycles. The Morgan fingerprint density at radius 1 is 1.19 bits per heavy atom. The molecule has 0 atom stereocenters. The van der Waals surface area contributed by atoms with Crippen LogP contribution in [-0.4, -0.2) is 29.7 Å². The van der Waals surface area contributed by atoms with Gasteiger partial charge in [0, 0.05) is 16.6 Å². The number of esters is 1. The molecule has 0 bridgehead atoms. The van der Waals surface area contributed by atoms with Gasteiger partial charge in [0.2, 0.25) is 5.91 Å². The summed E-state index contributed by atoms with van der Waals surface area (Å²) in [5.74, 6) is -0.346. The van der Waals surface area contributed by atoms with Crippen molar-refractivity contribution in [2.24, 2.45) is 0 Å². The maximum absolute atomic E-state index is 12.3. The van der Waals surface area contributed by atoms with Gasteiger partial charge in [0.15, 0.2) is 4.34 Å². The van der Waals surface area contributed by atoms with Gasteiger partial charge >= 0.3 is 5.97 Å². The number of aromatic nitrogens is 1. The van der Waals surface area contributed by atoms with E-state index in [4.69, 9.17) is 4.74 Å². The van der Waals surface area contributed by atoms with Crippen LogP contribution in [-0.2, 0) is 9.53 Å². The lowest BCUT2D eigenvalue weighted by atomic mass is 10.1. The molecule has 2 aromatic carbocycles. The minimum Gasteiger partial charge on any atom is -0.465 e. The zero-order chi connectivity index (χ0) is 19.2.